The van der Waals surface area contributed by atoms with Crippen molar-refractivity contribution < 1.29 is 9.84 Å². The summed E-state index contributed by atoms with van der Waals surface area (Å²) in [5.74, 6) is 0.778. The van der Waals surface area contributed by atoms with Crippen molar-refractivity contribution in [2.24, 2.45) is 5.41 Å². The van der Waals surface area contributed by atoms with Crippen LogP contribution in [0.3, 0.4) is 0 Å². The Kier molecular flexibility index (Phi) is 5.28. The Morgan fingerprint density at radius 3 is 2.67 bits per heavy atom. The zero-order valence-electron chi connectivity index (χ0n) is 11.5. The molecule has 0 aliphatic carbocycles. The Balaban J connectivity index is 2.66. The zero-order valence-corrected chi connectivity index (χ0v) is 11.5. The maximum Gasteiger partial charge on any atom is 0.123 e. The van der Waals surface area contributed by atoms with Crippen LogP contribution in [0.15, 0.2) is 18.2 Å². The molecule has 0 radical (unpaired) electrons. The summed E-state index contributed by atoms with van der Waals surface area (Å²) in [5, 5.41) is 12.3. The maximum absolute atomic E-state index is 8.99. The van der Waals surface area contributed by atoms with E-state index >= 15 is 0 Å². The first-order valence-corrected chi connectivity index (χ1v) is 6.35. The van der Waals surface area contributed by atoms with E-state index in [0.717, 1.165) is 24.4 Å². The molecular formula is C14H24N2O2. The molecule has 0 heterocycles. The van der Waals surface area contributed by atoms with Crippen molar-refractivity contribution in [1.29, 1.82) is 0 Å². The van der Waals surface area contributed by atoms with Gasteiger partial charge in [0.2, 0.25) is 0 Å². The first-order chi connectivity index (χ1) is 8.46. The number of nitrogens with one attached hydrogen (secondary N) is 1. The van der Waals surface area contributed by atoms with Gasteiger partial charge in [-0.25, -0.2) is 0 Å². The van der Waals surface area contributed by atoms with Crippen molar-refractivity contribution in [3.05, 3.63) is 18.2 Å². The Morgan fingerprint density at radius 2 is 2.06 bits per heavy atom. The summed E-state index contributed by atoms with van der Waals surface area (Å²) in [5.41, 5.74) is 7.51. The van der Waals surface area contributed by atoms with Crippen LogP contribution >= 0.6 is 0 Å². The summed E-state index contributed by atoms with van der Waals surface area (Å²) in [7, 11) is 0. The molecule has 4 heteroatoms. The van der Waals surface area contributed by atoms with E-state index in [-0.39, 0.29) is 12.0 Å². The van der Waals surface area contributed by atoms with Crippen LogP contribution in [0.2, 0.25) is 0 Å². The SMILES string of the molecule is CCOc1cc(N)cc(NCC(C)(C)CCO)c1. The predicted molar refractivity (Wildman–Crippen MR) is 76.0 cm³/mol. The average molecular weight is 252 g/mol. The number of hydrogen-bond donors (Lipinski definition) is 3. The second-order valence-corrected chi connectivity index (χ2v) is 5.22. The highest BCUT2D eigenvalue weighted by molar-refractivity contribution is 5.59. The first-order valence-electron chi connectivity index (χ1n) is 6.35. The Morgan fingerprint density at radius 1 is 1.33 bits per heavy atom. The molecule has 0 aromatic heterocycles. The van der Waals surface area contributed by atoms with E-state index in [1.54, 1.807) is 0 Å². The lowest BCUT2D eigenvalue weighted by Crippen LogP contribution is -2.24. The largest absolute Gasteiger partial charge is 0.494 e. The highest BCUT2D eigenvalue weighted by atomic mass is 16.5. The lowest BCUT2D eigenvalue weighted by molar-refractivity contribution is 0.220. The quantitative estimate of drug-likeness (QED) is 0.652. The molecule has 0 aliphatic heterocycles. The molecule has 1 aromatic carbocycles. The van der Waals surface area contributed by atoms with Gasteiger partial charge in [0, 0.05) is 36.7 Å². The standard InChI is InChI=1S/C14H24N2O2/c1-4-18-13-8-11(15)7-12(9-13)16-10-14(2,3)5-6-17/h7-9,16-17H,4-6,10,15H2,1-3H3. The van der Waals surface area contributed by atoms with E-state index in [1.807, 2.05) is 25.1 Å². The van der Waals surface area contributed by atoms with Crippen molar-refractivity contribution in [3.8, 4) is 5.75 Å². The molecule has 4 N–H and O–H groups in total. The second-order valence-electron chi connectivity index (χ2n) is 5.22. The minimum absolute atomic E-state index is 0.0468. The molecule has 0 saturated heterocycles. The Labute approximate surface area is 109 Å². The molecule has 102 valence electrons. The fourth-order valence-corrected chi connectivity index (χ4v) is 1.71. The number of aliphatic hydroxyl groups is 1. The molecule has 1 aromatic rings. The van der Waals surface area contributed by atoms with Gasteiger partial charge in [0.05, 0.1) is 6.61 Å². The number of hydrogen-bond acceptors (Lipinski definition) is 4. The van der Waals surface area contributed by atoms with Gasteiger partial charge in [-0.2, -0.15) is 0 Å². The van der Waals surface area contributed by atoms with E-state index in [0.29, 0.717) is 12.3 Å². The van der Waals surface area contributed by atoms with Crippen LogP contribution in [-0.4, -0.2) is 24.9 Å². The van der Waals surface area contributed by atoms with E-state index in [1.165, 1.54) is 0 Å². The topological polar surface area (TPSA) is 67.5 Å². The molecule has 0 atom stereocenters. The third-order valence-corrected chi connectivity index (χ3v) is 2.80. The van der Waals surface area contributed by atoms with Gasteiger partial charge in [-0.3, -0.25) is 0 Å². The Hall–Kier alpha value is -1.42. The molecule has 0 saturated carbocycles. The van der Waals surface area contributed by atoms with Crippen molar-refractivity contribution >= 4 is 11.4 Å². The molecule has 0 fully saturated rings. The summed E-state index contributed by atoms with van der Waals surface area (Å²) in [4.78, 5) is 0. The van der Waals surface area contributed by atoms with Crippen LogP contribution in [-0.2, 0) is 0 Å². The minimum Gasteiger partial charge on any atom is -0.494 e. The third-order valence-electron chi connectivity index (χ3n) is 2.80. The smallest absolute Gasteiger partial charge is 0.123 e. The number of rotatable bonds is 7. The van der Waals surface area contributed by atoms with E-state index in [4.69, 9.17) is 15.6 Å². The molecular weight excluding hydrogens is 228 g/mol. The van der Waals surface area contributed by atoms with Crippen molar-refractivity contribution in [2.45, 2.75) is 27.2 Å². The van der Waals surface area contributed by atoms with Gasteiger partial charge in [0.25, 0.3) is 0 Å². The fourth-order valence-electron chi connectivity index (χ4n) is 1.71. The number of aliphatic hydroxyl groups excluding tert-OH is 1. The van der Waals surface area contributed by atoms with Crippen LogP contribution in [0.5, 0.6) is 5.75 Å². The van der Waals surface area contributed by atoms with Crippen LogP contribution in [0.4, 0.5) is 11.4 Å². The van der Waals surface area contributed by atoms with Gasteiger partial charge in [0.1, 0.15) is 5.75 Å². The molecule has 0 amide bonds. The van der Waals surface area contributed by atoms with Crippen LogP contribution in [0.25, 0.3) is 0 Å². The van der Waals surface area contributed by atoms with Crippen molar-refractivity contribution in [3.63, 3.8) is 0 Å². The van der Waals surface area contributed by atoms with E-state index in [9.17, 15) is 0 Å². The monoisotopic (exact) mass is 252 g/mol. The summed E-state index contributed by atoms with van der Waals surface area (Å²) in [6, 6.07) is 5.64. The van der Waals surface area contributed by atoms with Gasteiger partial charge >= 0.3 is 0 Å². The molecule has 18 heavy (non-hydrogen) atoms. The summed E-state index contributed by atoms with van der Waals surface area (Å²) < 4.78 is 5.45. The number of nitrogen functional groups attached to an aromatic ring is 1. The lowest BCUT2D eigenvalue weighted by Gasteiger charge is -2.24. The van der Waals surface area contributed by atoms with Crippen LogP contribution < -0.4 is 15.8 Å². The van der Waals surface area contributed by atoms with Gasteiger partial charge in [-0.15, -0.1) is 0 Å². The summed E-state index contributed by atoms with van der Waals surface area (Å²) in [6.07, 6.45) is 0.765. The summed E-state index contributed by atoms with van der Waals surface area (Å²) >= 11 is 0. The average Bonchev–Trinajstić information content (AvgIpc) is 2.26. The van der Waals surface area contributed by atoms with Gasteiger partial charge in [-0.05, 0) is 24.8 Å². The number of nitrogens with two attached hydrogens (primary N) is 1. The van der Waals surface area contributed by atoms with Crippen LogP contribution in [0, 0.1) is 5.41 Å². The van der Waals surface area contributed by atoms with Crippen molar-refractivity contribution in [1.82, 2.24) is 0 Å². The van der Waals surface area contributed by atoms with Gasteiger partial charge in [-0.1, -0.05) is 13.8 Å². The first kappa shape index (κ1) is 14.6. The van der Waals surface area contributed by atoms with Crippen LogP contribution in [0.1, 0.15) is 27.2 Å². The molecule has 1 rings (SSSR count). The summed E-state index contributed by atoms with van der Waals surface area (Å²) in [6.45, 7) is 7.79. The molecule has 0 aliphatic rings. The molecule has 4 nitrogen and oxygen atoms in total. The van der Waals surface area contributed by atoms with E-state index < -0.39 is 0 Å². The van der Waals surface area contributed by atoms with Gasteiger partial charge in [0.15, 0.2) is 0 Å². The Bertz CT molecular complexity index is 378. The molecule has 0 spiro atoms. The predicted octanol–water partition coefficient (Wildman–Crippen LogP) is 2.49. The van der Waals surface area contributed by atoms with Gasteiger partial charge < -0.3 is 20.9 Å². The van der Waals surface area contributed by atoms with Crippen molar-refractivity contribution in [2.75, 3.05) is 30.8 Å². The number of benzene rings is 1. The highest BCUT2D eigenvalue weighted by Gasteiger charge is 2.16. The maximum atomic E-state index is 8.99. The zero-order chi connectivity index (χ0) is 13.6. The third kappa shape index (κ3) is 4.84. The second kappa shape index (κ2) is 6.50. The molecule has 0 bridgehead atoms. The molecule has 0 unspecified atom stereocenters. The normalized spacial score (nSPS) is 11.3. The minimum atomic E-state index is 0.0468. The number of anilines is 2. The number of ether oxygens (including phenoxy) is 1. The van der Waals surface area contributed by atoms with E-state index in [2.05, 4.69) is 19.2 Å². The fraction of sp³-hybridized carbons (Fsp3) is 0.571. The highest BCUT2D eigenvalue weighted by Crippen LogP contribution is 2.25. The lowest BCUT2D eigenvalue weighted by atomic mass is 9.89.